The Bertz CT molecular complexity index is 359. The van der Waals surface area contributed by atoms with Gasteiger partial charge < -0.3 is 14.7 Å². The van der Waals surface area contributed by atoms with E-state index >= 15 is 0 Å². The zero-order valence-electron chi connectivity index (χ0n) is 10.9. The molecule has 4 nitrogen and oxygen atoms in total. The lowest BCUT2D eigenvalue weighted by molar-refractivity contribution is -0.139. The molecule has 1 N–H and O–H groups in total. The molecular formula is C14H22N2O2. The zero-order chi connectivity index (χ0) is 12.6. The molecule has 0 aromatic rings. The summed E-state index contributed by atoms with van der Waals surface area (Å²) in [5.74, 6) is 0. The van der Waals surface area contributed by atoms with E-state index in [4.69, 9.17) is 4.74 Å². The van der Waals surface area contributed by atoms with Gasteiger partial charge in [0.15, 0.2) is 0 Å². The summed E-state index contributed by atoms with van der Waals surface area (Å²) < 4.78 is 5.38. The summed E-state index contributed by atoms with van der Waals surface area (Å²) in [4.78, 5) is 2.48. The number of piperidine rings is 1. The van der Waals surface area contributed by atoms with Crippen LogP contribution < -0.4 is 0 Å². The largest absolute Gasteiger partial charge is 0.388 e. The summed E-state index contributed by atoms with van der Waals surface area (Å²) in [7, 11) is 0. The molecule has 3 saturated heterocycles. The van der Waals surface area contributed by atoms with Crippen molar-refractivity contribution < 1.29 is 9.84 Å². The Morgan fingerprint density at radius 2 is 2.00 bits per heavy atom. The van der Waals surface area contributed by atoms with Crippen molar-refractivity contribution in [2.24, 2.45) is 5.41 Å². The third-order valence-electron chi connectivity index (χ3n) is 5.34. The summed E-state index contributed by atoms with van der Waals surface area (Å²) in [5, 5.41) is 20.7. The summed E-state index contributed by atoms with van der Waals surface area (Å²) in [6.45, 7) is 3.35. The molecule has 3 aliphatic rings. The van der Waals surface area contributed by atoms with Crippen molar-refractivity contribution in [3.05, 3.63) is 0 Å². The van der Waals surface area contributed by atoms with Gasteiger partial charge in [0.25, 0.3) is 0 Å². The molecule has 4 heteroatoms. The summed E-state index contributed by atoms with van der Waals surface area (Å²) >= 11 is 0. The van der Waals surface area contributed by atoms with Crippen LogP contribution in [0.5, 0.6) is 0 Å². The van der Waals surface area contributed by atoms with Gasteiger partial charge in [-0.15, -0.1) is 0 Å². The fraction of sp³-hybridized carbons (Fsp3) is 0.929. The minimum atomic E-state index is -0.795. The quantitative estimate of drug-likeness (QED) is 0.762. The Balaban J connectivity index is 1.82. The van der Waals surface area contributed by atoms with Crippen LogP contribution in [0.25, 0.3) is 0 Å². The Morgan fingerprint density at radius 3 is 2.72 bits per heavy atom. The van der Waals surface area contributed by atoms with Gasteiger partial charge in [-0.2, -0.15) is 5.26 Å². The van der Waals surface area contributed by atoms with Crippen LogP contribution in [0.2, 0.25) is 0 Å². The van der Waals surface area contributed by atoms with Crippen LogP contribution in [-0.4, -0.2) is 48.0 Å². The SMILES string of the molecule is N#CC1(C2(O)CCN3CCCC3C2)CCOCC1. The predicted molar refractivity (Wildman–Crippen MR) is 66.9 cm³/mol. The smallest absolute Gasteiger partial charge is 0.0904 e. The Kier molecular flexibility index (Phi) is 3.09. The minimum absolute atomic E-state index is 0.497. The minimum Gasteiger partial charge on any atom is -0.388 e. The molecule has 3 fully saturated rings. The molecule has 0 aliphatic carbocycles. The van der Waals surface area contributed by atoms with Gasteiger partial charge in [-0.05, 0) is 45.1 Å². The molecule has 0 spiro atoms. The summed E-state index contributed by atoms with van der Waals surface area (Å²) in [6, 6.07) is 2.96. The molecule has 0 bridgehead atoms. The maximum absolute atomic E-state index is 11.1. The molecule has 3 rings (SSSR count). The van der Waals surface area contributed by atoms with Crippen molar-refractivity contribution in [2.75, 3.05) is 26.3 Å². The first-order valence-electron chi connectivity index (χ1n) is 7.15. The number of hydrogen-bond acceptors (Lipinski definition) is 4. The molecule has 3 heterocycles. The number of rotatable bonds is 1. The monoisotopic (exact) mass is 250 g/mol. The van der Waals surface area contributed by atoms with Gasteiger partial charge in [-0.3, -0.25) is 0 Å². The highest BCUT2D eigenvalue weighted by Crippen LogP contribution is 2.48. The van der Waals surface area contributed by atoms with Crippen LogP contribution >= 0.6 is 0 Å². The fourth-order valence-corrected chi connectivity index (χ4v) is 4.08. The number of nitrogens with zero attached hydrogens (tertiary/aromatic N) is 2. The second-order valence-electron chi connectivity index (χ2n) is 6.12. The van der Waals surface area contributed by atoms with E-state index in [0.29, 0.717) is 32.1 Å². The van der Waals surface area contributed by atoms with E-state index < -0.39 is 11.0 Å². The molecule has 0 saturated carbocycles. The van der Waals surface area contributed by atoms with Crippen molar-refractivity contribution in [2.45, 2.75) is 50.2 Å². The van der Waals surface area contributed by atoms with Gasteiger partial charge >= 0.3 is 0 Å². The standard InChI is InChI=1S/C14H22N2O2/c15-11-13(4-8-18-9-5-13)14(17)3-7-16-6-1-2-12(16)10-14/h12,17H,1-10H2. The topological polar surface area (TPSA) is 56.5 Å². The van der Waals surface area contributed by atoms with Gasteiger partial charge in [-0.1, -0.05) is 0 Å². The lowest BCUT2D eigenvalue weighted by atomic mass is 9.62. The molecule has 100 valence electrons. The van der Waals surface area contributed by atoms with Crippen LogP contribution in [0.15, 0.2) is 0 Å². The highest BCUT2D eigenvalue weighted by molar-refractivity contribution is 5.15. The van der Waals surface area contributed by atoms with Gasteiger partial charge in [0, 0.05) is 25.8 Å². The van der Waals surface area contributed by atoms with Crippen molar-refractivity contribution in [1.29, 1.82) is 5.26 Å². The van der Waals surface area contributed by atoms with Crippen molar-refractivity contribution in [1.82, 2.24) is 4.90 Å². The van der Waals surface area contributed by atoms with Crippen molar-refractivity contribution in [3.63, 3.8) is 0 Å². The highest BCUT2D eigenvalue weighted by Gasteiger charge is 2.55. The van der Waals surface area contributed by atoms with Crippen LogP contribution in [0.1, 0.15) is 38.5 Å². The highest BCUT2D eigenvalue weighted by atomic mass is 16.5. The third kappa shape index (κ3) is 1.77. The van der Waals surface area contributed by atoms with Gasteiger partial charge in [0.2, 0.25) is 0 Å². The maximum atomic E-state index is 11.1. The number of nitriles is 1. The number of ether oxygens (including phenoxy) is 1. The normalized spacial score (nSPS) is 40.1. The first-order valence-corrected chi connectivity index (χ1v) is 7.15. The molecule has 18 heavy (non-hydrogen) atoms. The second kappa shape index (κ2) is 4.48. The van der Waals surface area contributed by atoms with E-state index in [0.717, 1.165) is 19.4 Å². The van der Waals surface area contributed by atoms with E-state index in [2.05, 4.69) is 11.0 Å². The molecule has 2 unspecified atom stereocenters. The molecule has 0 amide bonds. The molecular weight excluding hydrogens is 228 g/mol. The first kappa shape index (κ1) is 12.4. The third-order valence-corrected chi connectivity index (χ3v) is 5.34. The number of hydrogen-bond donors (Lipinski definition) is 1. The molecule has 0 radical (unpaired) electrons. The Hall–Kier alpha value is -0.630. The Labute approximate surface area is 109 Å². The maximum Gasteiger partial charge on any atom is 0.0904 e. The molecule has 3 aliphatic heterocycles. The van der Waals surface area contributed by atoms with Crippen molar-refractivity contribution in [3.8, 4) is 6.07 Å². The molecule has 0 aromatic carbocycles. The lowest BCUT2D eigenvalue weighted by Gasteiger charge is -2.50. The van der Waals surface area contributed by atoms with E-state index in [-0.39, 0.29) is 0 Å². The molecule has 2 atom stereocenters. The van der Waals surface area contributed by atoms with Crippen LogP contribution in [0.3, 0.4) is 0 Å². The summed E-state index contributed by atoms with van der Waals surface area (Å²) in [5.41, 5.74) is -1.36. The zero-order valence-corrected chi connectivity index (χ0v) is 10.9. The molecule has 0 aromatic heterocycles. The van der Waals surface area contributed by atoms with E-state index in [1.165, 1.54) is 19.4 Å². The Morgan fingerprint density at radius 1 is 1.22 bits per heavy atom. The summed E-state index contributed by atoms with van der Waals surface area (Å²) in [6.07, 6.45) is 5.32. The second-order valence-corrected chi connectivity index (χ2v) is 6.12. The average molecular weight is 250 g/mol. The van der Waals surface area contributed by atoms with E-state index in [9.17, 15) is 10.4 Å². The van der Waals surface area contributed by atoms with Crippen LogP contribution in [0, 0.1) is 16.7 Å². The van der Waals surface area contributed by atoms with Gasteiger partial charge in [-0.25, -0.2) is 0 Å². The van der Waals surface area contributed by atoms with Crippen molar-refractivity contribution >= 4 is 0 Å². The number of fused-ring (bicyclic) bond motifs is 1. The van der Waals surface area contributed by atoms with Gasteiger partial charge in [0.1, 0.15) is 0 Å². The average Bonchev–Trinajstić information content (AvgIpc) is 2.86. The fourth-order valence-electron chi connectivity index (χ4n) is 4.08. The van der Waals surface area contributed by atoms with Crippen LogP contribution in [-0.2, 0) is 4.74 Å². The lowest BCUT2D eigenvalue weighted by Crippen LogP contribution is -2.58. The first-order chi connectivity index (χ1) is 8.69. The van der Waals surface area contributed by atoms with Crippen LogP contribution in [0.4, 0.5) is 0 Å². The predicted octanol–water partition coefficient (Wildman–Crippen LogP) is 1.30. The number of aliphatic hydroxyl groups is 1. The van der Waals surface area contributed by atoms with Gasteiger partial charge in [0.05, 0.1) is 17.1 Å². The van der Waals surface area contributed by atoms with E-state index in [1.54, 1.807) is 0 Å². The van der Waals surface area contributed by atoms with E-state index in [1.807, 2.05) is 0 Å².